The fourth-order valence-corrected chi connectivity index (χ4v) is 3.13. The number of ether oxygens (including phenoxy) is 2. The molecular weight excluding hydrogens is 318 g/mol. The van der Waals surface area contributed by atoms with Crippen molar-refractivity contribution >= 4 is 22.9 Å². The molecule has 4 N–H and O–H groups in total. The number of nitrogens with zero attached hydrogens (tertiary/aromatic N) is 2. The molecule has 0 saturated carbocycles. The van der Waals surface area contributed by atoms with E-state index in [-0.39, 0.29) is 6.17 Å². The van der Waals surface area contributed by atoms with Crippen molar-refractivity contribution < 1.29 is 14.0 Å². The molecule has 0 spiro atoms. The zero-order chi connectivity index (χ0) is 17.4. The molecule has 3 aromatic rings. The number of guanidine groups is 1. The van der Waals surface area contributed by atoms with Crippen molar-refractivity contribution in [3.8, 4) is 11.5 Å². The summed E-state index contributed by atoms with van der Waals surface area (Å²) in [6.45, 7) is 2.52. The van der Waals surface area contributed by atoms with E-state index in [2.05, 4.69) is 19.9 Å². The Kier molecular flexibility index (Phi) is 3.68. The third-order valence-electron chi connectivity index (χ3n) is 4.20. The van der Waals surface area contributed by atoms with Gasteiger partial charge in [-0.3, -0.25) is 0 Å². The minimum absolute atomic E-state index is 0.294. The number of para-hydroxylation sites is 2. The average molecular weight is 338 g/mol. The van der Waals surface area contributed by atoms with Crippen LogP contribution in [0.1, 0.15) is 18.7 Å². The predicted octanol–water partition coefficient (Wildman–Crippen LogP) is 2.15. The summed E-state index contributed by atoms with van der Waals surface area (Å²) in [6, 6.07) is 13.9. The van der Waals surface area contributed by atoms with Crippen molar-refractivity contribution in [2.45, 2.75) is 13.1 Å². The van der Waals surface area contributed by atoms with Gasteiger partial charge < -0.3 is 15.2 Å². The van der Waals surface area contributed by atoms with Gasteiger partial charge in [-0.25, -0.2) is 14.9 Å². The van der Waals surface area contributed by atoms with Gasteiger partial charge in [-0.2, -0.15) is 4.99 Å². The first kappa shape index (κ1) is 15.3. The van der Waals surface area contributed by atoms with Crippen LogP contribution in [0.5, 0.6) is 11.5 Å². The summed E-state index contributed by atoms with van der Waals surface area (Å²) >= 11 is 0. The highest BCUT2D eigenvalue weighted by atomic mass is 16.5. The molecule has 128 valence electrons. The Morgan fingerprint density at radius 3 is 2.84 bits per heavy atom. The third-order valence-corrected chi connectivity index (χ3v) is 4.20. The van der Waals surface area contributed by atoms with E-state index in [1.807, 2.05) is 49.4 Å². The van der Waals surface area contributed by atoms with E-state index < -0.39 is 0 Å². The van der Waals surface area contributed by atoms with Crippen LogP contribution >= 0.6 is 0 Å². The van der Waals surface area contributed by atoms with E-state index in [0.29, 0.717) is 24.1 Å². The molecule has 0 unspecified atom stereocenters. The summed E-state index contributed by atoms with van der Waals surface area (Å²) in [4.78, 5) is 7.94. The van der Waals surface area contributed by atoms with E-state index >= 15 is 0 Å². The molecule has 7 heteroatoms. The van der Waals surface area contributed by atoms with Crippen molar-refractivity contribution in [3.63, 3.8) is 0 Å². The second-order valence-corrected chi connectivity index (χ2v) is 5.72. The van der Waals surface area contributed by atoms with Crippen LogP contribution in [0.25, 0.3) is 11.0 Å². The summed E-state index contributed by atoms with van der Waals surface area (Å²) in [7, 11) is 1.63. The molecule has 1 aromatic heterocycles. The number of aromatic nitrogens is 2. The lowest BCUT2D eigenvalue weighted by Crippen LogP contribution is -2.48. The molecule has 1 atom stereocenters. The Morgan fingerprint density at radius 1 is 1.20 bits per heavy atom. The number of methoxy groups -OCH3 is 1. The van der Waals surface area contributed by atoms with E-state index in [1.165, 1.54) is 0 Å². The molecule has 0 amide bonds. The Balaban J connectivity index is 1.86. The van der Waals surface area contributed by atoms with Crippen molar-refractivity contribution in [1.29, 1.82) is 0 Å². The molecule has 0 aliphatic carbocycles. The Bertz CT molecular complexity index is 963. The fourth-order valence-electron chi connectivity index (χ4n) is 3.13. The number of rotatable bonds is 4. The molecule has 1 aliphatic rings. The Morgan fingerprint density at radius 2 is 2.04 bits per heavy atom. The molecule has 4 rings (SSSR count). The fraction of sp³-hybridized carbons (Fsp3) is 0.222. The topological polar surface area (TPSA) is 88.5 Å². The van der Waals surface area contributed by atoms with Gasteiger partial charge in [0.15, 0.2) is 11.5 Å². The summed E-state index contributed by atoms with van der Waals surface area (Å²) in [5.41, 5.74) is 9.01. The maximum atomic E-state index is 6.00. The van der Waals surface area contributed by atoms with Crippen LogP contribution in [0, 0.1) is 0 Å². The maximum absolute atomic E-state index is 6.00. The van der Waals surface area contributed by atoms with E-state index in [1.54, 1.807) is 7.11 Å². The number of imidazole rings is 1. The van der Waals surface area contributed by atoms with Gasteiger partial charge in [-0.1, -0.05) is 12.1 Å². The second kappa shape index (κ2) is 6.01. The smallest absolute Gasteiger partial charge is 0.365 e. The van der Waals surface area contributed by atoms with E-state index in [0.717, 1.165) is 22.5 Å². The van der Waals surface area contributed by atoms with Gasteiger partial charge in [0.1, 0.15) is 11.0 Å². The number of nitrogens with two attached hydrogens (primary N) is 1. The summed E-state index contributed by atoms with van der Waals surface area (Å²) in [5.74, 6) is 2.55. The molecule has 0 radical (unpaired) electrons. The van der Waals surface area contributed by atoms with Crippen molar-refractivity contribution in [2.24, 2.45) is 10.7 Å². The maximum Gasteiger partial charge on any atom is 0.365 e. The zero-order valence-electron chi connectivity index (χ0n) is 14.1. The van der Waals surface area contributed by atoms with Gasteiger partial charge in [0, 0.05) is 5.56 Å². The third kappa shape index (κ3) is 2.53. The van der Waals surface area contributed by atoms with Crippen LogP contribution in [-0.2, 0) is 0 Å². The minimum Gasteiger partial charge on any atom is -0.493 e. The van der Waals surface area contributed by atoms with Gasteiger partial charge in [0.2, 0.25) is 6.17 Å². The van der Waals surface area contributed by atoms with E-state index in [9.17, 15) is 0 Å². The van der Waals surface area contributed by atoms with Gasteiger partial charge in [-0.05, 0) is 37.3 Å². The van der Waals surface area contributed by atoms with Gasteiger partial charge in [0.05, 0.1) is 13.7 Å². The molecule has 0 saturated heterocycles. The summed E-state index contributed by atoms with van der Waals surface area (Å²) in [6.07, 6.45) is -0.294. The zero-order valence-corrected chi connectivity index (χ0v) is 14.1. The van der Waals surface area contributed by atoms with Gasteiger partial charge >= 0.3 is 5.95 Å². The molecule has 2 aromatic carbocycles. The molecule has 2 heterocycles. The molecular formula is C18H20N5O2+. The number of hydrogen-bond acceptors (Lipinski definition) is 5. The predicted molar refractivity (Wildman–Crippen MR) is 96.0 cm³/mol. The highest BCUT2D eigenvalue weighted by Gasteiger charge is 2.31. The number of aromatic amines is 1. The monoisotopic (exact) mass is 338 g/mol. The summed E-state index contributed by atoms with van der Waals surface area (Å²) in [5, 5.41) is 3.09. The standard InChI is InChI=1S/C18H19N5O2/c1-3-25-14-9-8-11(10-15(14)24-2)16-21-17(19)22-18-20-12-6-4-5-7-13(12)23(16)18/h4-10,16H,3H2,1-2H3,(H3,19,20,21,22)/p+1/t16-/m1/s1. The molecule has 0 bridgehead atoms. The molecule has 1 aliphatic heterocycles. The van der Waals surface area contributed by atoms with Gasteiger partial charge in [-0.15, -0.1) is 0 Å². The summed E-state index contributed by atoms with van der Waals surface area (Å²) < 4.78 is 13.2. The quantitative estimate of drug-likeness (QED) is 0.636. The minimum atomic E-state index is -0.294. The largest absolute Gasteiger partial charge is 0.493 e. The normalized spacial score (nSPS) is 16.1. The highest BCUT2D eigenvalue weighted by molar-refractivity contribution is 5.92. The molecule has 25 heavy (non-hydrogen) atoms. The van der Waals surface area contributed by atoms with Crippen LogP contribution in [0.3, 0.4) is 0 Å². The number of aliphatic imine (C=N–C) groups is 1. The number of anilines is 1. The Hall–Kier alpha value is -3.22. The molecule has 7 nitrogen and oxygen atoms in total. The number of fused-ring (bicyclic) bond motifs is 3. The van der Waals surface area contributed by atoms with Crippen molar-refractivity contribution in [2.75, 3.05) is 19.0 Å². The number of nitrogens with one attached hydrogen (secondary N) is 2. The number of H-pyrrole nitrogens is 1. The van der Waals surface area contributed by atoms with Crippen LogP contribution in [-0.4, -0.2) is 24.7 Å². The van der Waals surface area contributed by atoms with E-state index in [4.69, 9.17) is 15.2 Å². The van der Waals surface area contributed by atoms with Crippen molar-refractivity contribution in [3.05, 3.63) is 48.0 Å². The van der Waals surface area contributed by atoms with Crippen LogP contribution in [0.4, 0.5) is 5.95 Å². The number of benzene rings is 2. The molecule has 0 fully saturated rings. The Labute approximate surface area is 145 Å². The van der Waals surface area contributed by atoms with Crippen LogP contribution in [0.15, 0.2) is 47.5 Å². The lowest BCUT2D eigenvalue weighted by Gasteiger charge is -2.19. The first-order valence-electron chi connectivity index (χ1n) is 8.14. The highest BCUT2D eigenvalue weighted by Crippen LogP contribution is 2.32. The number of hydrogen-bond donors (Lipinski definition) is 3. The SMILES string of the molecule is CCOc1ccc([C@@H]2N=C(N)Nc3[nH]c4ccccc4[n+]32)cc1OC. The van der Waals surface area contributed by atoms with Gasteiger partial charge in [0.25, 0.3) is 5.96 Å². The first-order valence-corrected chi connectivity index (χ1v) is 8.14. The average Bonchev–Trinajstić information content (AvgIpc) is 2.99. The van der Waals surface area contributed by atoms with Crippen molar-refractivity contribution in [1.82, 2.24) is 4.98 Å². The lowest BCUT2D eigenvalue weighted by atomic mass is 10.1. The lowest BCUT2D eigenvalue weighted by molar-refractivity contribution is -0.674. The van der Waals surface area contributed by atoms with Crippen LogP contribution < -0.4 is 25.1 Å². The second-order valence-electron chi connectivity index (χ2n) is 5.72. The first-order chi connectivity index (χ1) is 12.2. The van der Waals surface area contributed by atoms with Crippen LogP contribution in [0.2, 0.25) is 0 Å².